The number of anilines is 1. The zero-order valence-corrected chi connectivity index (χ0v) is 23.9. The van der Waals surface area contributed by atoms with Crippen molar-refractivity contribution in [2.24, 2.45) is 5.92 Å². The third-order valence-corrected chi connectivity index (χ3v) is 9.22. The van der Waals surface area contributed by atoms with Gasteiger partial charge in [-0.3, -0.25) is 14.4 Å². The minimum absolute atomic E-state index is 0.176. The van der Waals surface area contributed by atoms with E-state index in [1.54, 1.807) is 36.4 Å². The lowest BCUT2D eigenvalue weighted by Crippen LogP contribution is -2.49. The predicted octanol–water partition coefficient (Wildman–Crippen LogP) is 6.98. The summed E-state index contributed by atoms with van der Waals surface area (Å²) in [6, 6.07) is 25.0. The third kappa shape index (κ3) is 3.68. The van der Waals surface area contributed by atoms with Gasteiger partial charge in [0.2, 0.25) is 5.91 Å². The second kappa shape index (κ2) is 9.86. The van der Waals surface area contributed by atoms with Crippen molar-refractivity contribution < 1.29 is 19.1 Å². The SMILES string of the molecule is COc1cccc(C(=O)C2C(C(=O)c3ccc(Cl)cc3Cl)N3C=Cc4ccccc4C3C23C(=O)Nc2ccccc23)c1. The monoisotopic (exact) mass is 594 g/mol. The van der Waals surface area contributed by atoms with Crippen molar-refractivity contribution in [3.05, 3.63) is 135 Å². The Balaban J connectivity index is 1.54. The third-order valence-electron chi connectivity index (χ3n) is 8.67. The molecule has 7 rings (SSSR count). The number of hydrogen-bond donors (Lipinski definition) is 1. The smallest absolute Gasteiger partial charge is 0.238 e. The molecule has 0 aromatic heterocycles. The van der Waals surface area contributed by atoms with Gasteiger partial charge in [0.05, 0.1) is 24.1 Å². The molecular weight excluding hydrogens is 571 g/mol. The van der Waals surface area contributed by atoms with Crippen LogP contribution in [0.2, 0.25) is 10.0 Å². The fraction of sp³-hybridized carbons (Fsp3) is 0.147. The van der Waals surface area contributed by atoms with Gasteiger partial charge in [-0.25, -0.2) is 0 Å². The lowest BCUT2D eigenvalue weighted by molar-refractivity contribution is -0.122. The standard InChI is InChI=1S/C34H24Cl2N2O4/c1-42-22-9-6-8-20(17-22)30(39)28-29(31(40)24-14-13-21(35)18-26(24)36)38-16-15-19-7-2-3-10-23(19)32(38)34(28)25-11-4-5-12-27(25)37-33(34)41/h2-18,28-29,32H,1H3,(H,37,41). The normalized spacial score (nSPS) is 23.3. The molecule has 3 heterocycles. The Hall–Kier alpha value is -4.39. The maximum Gasteiger partial charge on any atom is 0.238 e. The number of para-hydroxylation sites is 1. The average Bonchev–Trinajstić information content (AvgIpc) is 3.48. The molecule has 8 heteroatoms. The summed E-state index contributed by atoms with van der Waals surface area (Å²) >= 11 is 12.8. The molecule has 0 radical (unpaired) electrons. The van der Waals surface area contributed by atoms with E-state index >= 15 is 0 Å². The Morgan fingerprint density at radius 2 is 1.69 bits per heavy atom. The van der Waals surface area contributed by atoms with Gasteiger partial charge in [0.1, 0.15) is 17.2 Å². The number of nitrogens with zero attached hydrogens (tertiary/aromatic N) is 1. The molecule has 208 valence electrons. The number of amides is 1. The van der Waals surface area contributed by atoms with Crippen LogP contribution >= 0.6 is 23.2 Å². The molecule has 0 aliphatic carbocycles. The Morgan fingerprint density at radius 3 is 2.50 bits per heavy atom. The van der Waals surface area contributed by atoms with Gasteiger partial charge in [0, 0.05) is 28.0 Å². The molecule has 4 aromatic rings. The van der Waals surface area contributed by atoms with E-state index < -0.39 is 23.4 Å². The number of rotatable bonds is 5. The van der Waals surface area contributed by atoms with Crippen LogP contribution in [0.5, 0.6) is 5.75 Å². The minimum Gasteiger partial charge on any atom is -0.497 e. The van der Waals surface area contributed by atoms with Crippen LogP contribution in [0.1, 0.15) is 43.4 Å². The molecule has 1 saturated heterocycles. The molecule has 42 heavy (non-hydrogen) atoms. The Kier molecular flexibility index (Phi) is 6.22. The Labute approximate surface area is 252 Å². The van der Waals surface area contributed by atoms with Gasteiger partial charge in [-0.05, 0) is 59.2 Å². The van der Waals surface area contributed by atoms with E-state index in [-0.39, 0.29) is 28.1 Å². The zero-order chi connectivity index (χ0) is 29.2. The van der Waals surface area contributed by atoms with Gasteiger partial charge in [-0.2, -0.15) is 0 Å². The molecule has 6 nitrogen and oxygen atoms in total. The zero-order valence-electron chi connectivity index (χ0n) is 22.4. The van der Waals surface area contributed by atoms with Crippen LogP contribution in [0.25, 0.3) is 6.08 Å². The number of halogens is 2. The van der Waals surface area contributed by atoms with Crippen LogP contribution in [-0.4, -0.2) is 35.5 Å². The predicted molar refractivity (Wildman–Crippen MR) is 162 cm³/mol. The minimum atomic E-state index is -1.43. The van der Waals surface area contributed by atoms with Gasteiger partial charge in [0.25, 0.3) is 0 Å². The summed E-state index contributed by atoms with van der Waals surface area (Å²) in [6.07, 6.45) is 3.74. The maximum absolute atomic E-state index is 14.9. The molecular formula is C34H24Cl2N2O4. The summed E-state index contributed by atoms with van der Waals surface area (Å²) in [5, 5.41) is 3.61. The fourth-order valence-electron chi connectivity index (χ4n) is 6.97. The summed E-state index contributed by atoms with van der Waals surface area (Å²) in [5.41, 5.74) is 2.20. The number of hydrogen-bond acceptors (Lipinski definition) is 5. The van der Waals surface area contributed by atoms with Crippen molar-refractivity contribution >= 4 is 52.4 Å². The van der Waals surface area contributed by atoms with Gasteiger partial charge >= 0.3 is 0 Å². The molecule has 0 saturated carbocycles. The van der Waals surface area contributed by atoms with Crippen LogP contribution in [0.4, 0.5) is 5.69 Å². The Morgan fingerprint density at radius 1 is 0.905 bits per heavy atom. The molecule has 1 amide bonds. The second-order valence-electron chi connectivity index (χ2n) is 10.7. The number of methoxy groups -OCH3 is 1. The number of Topliss-reactive ketones (excluding diaryl/α,β-unsaturated/α-hetero) is 2. The van der Waals surface area contributed by atoms with Crippen LogP contribution in [-0.2, 0) is 10.2 Å². The molecule has 3 aliphatic rings. The lowest BCUT2D eigenvalue weighted by Gasteiger charge is -2.38. The molecule has 4 atom stereocenters. The highest BCUT2D eigenvalue weighted by Crippen LogP contribution is 2.62. The molecule has 1 spiro atoms. The summed E-state index contributed by atoms with van der Waals surface area (Å²) in [7, 11) is 1.53. The number of carbonyl (C=O) groups excluding carboxylic acids is 3. The number of ether oxygens (including phenoxy) is 1. The quantitative estimate of drug-likeness (QED) is 0.252. The van der Waals surface area contributed by atoms with Crippen molar-refractivity contribution in [1.29, 1.82) is 0 Å². The van der Waals surface area contributed by atoms with E-state index in [0.717, 1.165) is 11.1 Å². The van der Waals surface area contributed by atoms with E-state index in [0.29, 0.717) is 27.6 Å². The number of fused-ring (bicyclic) bond motifs is 6. The van der Waals surface area contributed by atoms with Crippen LogP contribution < -0.4 is 10.1 Å². The first kappa shape index (κ1) is 26.5. The molecule has 4 aromatic carbocycles. The van der Waals surface area contributed by atoms with Gasteiger partial charge < -0.3 is 15.0 Å². The van der Waals surface area contributed by atoms with Gasteiger partial charge in [0.15, 0.2) is 11.6 Å². The fourth-order valence-corrected chi connectivity index (χ4v) is 7.47. The van der Waals surface area contributed by atoms with Gasteiger partial charge in [-0.1, -0.05) is 77.8 Å². The number of carbonyl (C=O) groups is 3. The van der Waals surface area contributed by atoms with Crippen molar-refractivity contribution in [3.63, 3.8) is 0 Å². The van der Waals surface area contributed by atoms with Crippen molar-refractivity contribution in [2.75, 3.05) is 12.4 Å². The first-order valence-electron chi connectivity index (χ1n) is 13.5. The number of nitrogens with one attached hydrogen (secondary N) is 1. The first-order chi connectivity index (χ1) is 20.4. The lowest BCUT2D eigenvalue weighted by atomic mass is 9.62. The van der Waals surface area contributed by atoms with Gasteiger partial charge in [-0.15, -0.1) is 0 Å². The summed E-state index contributed by atoms with van der Waals surface area (Å²) in [4.78, 5) is 45.9. The van der Waals surface area contributed by atoms with Crippen molar-refractivity contribution in [3.8, 4) is 5.75 Å². The highest BCUT2D eigenvalue weighted by molar-refractivity contribution is 6.37. The number of benzene rings is 4. The highest BCUT2D eigenvalue weighted by atomic mass is 35.5. The summed E-state index contributed by atoms with van der Waals surface area (Å²) in [5.74, 6) is -1.67. The molecule has 3 aliphatic heterocycles. The summed E-state index contributed by atoms with van der Waals surface area (Å²) < 4.78 is 5.42. The van der Waals surface area contributed by atoms with E-state index in [9.17, 15) is 14.4 Å². The molecule has 1 fully saturated rings. The maximum atomic E-state index is 14.9. The molecule has 1 N–H and O–H groups in total. The highest BCUT2D eigenvalue weighted by Gasteiger charge is 2.70. The van der Waals surface area contributed by atoms with Crippen LogP contribution in [0.3, 0.4) is 0 Å². The van der Waals surface area contributed by atoms with E-state index in [4.69, 9.17) is 27.9 Å². The first-order valence-corrected chi connectivity index (χ1v) is 14.2. The summed E-state index contributed by atoms with van der Waals surface area (Å²) in [6.45, 7) is 0. The second-order valence-corrected chi connectivity index (χ2v) is 11.5. The van der Waals surface area contributed by atoms with Crippen LogP contribution in [0.15, 0.2) is 97.2 Å². The largest absolute Gasteiger partial charge is 0.497 e. The van der Waals surface area contributed by atoms with Crippen LogP contribution in [0, 0.1) is 5.92 Å². The van der Waals surface area contributed by atoms with E-state index in [2.05, 4.69) is 5.32 Å². The number of ketones is 2. The molecule has 0 bridgehead atoms. The average molecular weight is 595 g/mol. The molecule has 4 unspecified atom stereocenters. The topological polar surface area (TPSA) is 75.7 Å². The van der Waals surface area contributed by atoms with Crippen molar-refractivity contribution in [2.45, 2.75) is 17.5 Å². The van der Waals surface area contributed by atoms with E-state index in [1.165, 1.54) is 13.2 Å². The van der Waals surface area contributed by atoms with E-state index in [1.807, 2.05) is 65.7 Å². The van der Waals surface area contributed by atoms with Crippen molar-refractivity contribution in [1.82, 2.24) is 4.90 Å². The Bertz CT molecular complexity index is 1840.